The van der Waals surface area contributed by atoms with Gasteiger partial charge < -0.3 is 14.5 Å². The van der Waals surface area contributed by atoms with Crippen LogP contribution < -0.4 is 5.32 Å². The molecular formula is C11H21N3O2. The highest BCUT2D eigenvalue weighted by Gasteiger charge is 2.06. The molecule has 0 saturated carbocycles. The van der Waals surface area contributed by atoms with Gasteiger partial charge >= 0.3 is 0 Å². The van der Waals surface area contributed by atoms with Crippen LogP contribution in [0.15, 0.2) is 10.8 Å². The molecule has 92 valence electrons. The Labute approximate surface area is 96.8 Å². The first-order chi connectivity index (χ1) is 7.74. The summed E-state index contributed by atoms with van der Waals surface area (Å²) in [6.45, 7) is 6.34. The molecule has 5 nitrogen and oxygen atoms in total. The Morgan fingerprint density at radius 2 is 2.31 bits per heavy atom. The Hall–Kier alpha value is -0.910. The van der Waals surface area contributed by atoms with E-state index >= 15 is 0 Å². The van der Waals surface area contributed by atoms with Crippen LogP contribution in [0, 0.1) is 6.92 Å². The predicted octanol–water partition coefficient (Wildman–Crippen LogP) is 0.651. The van der Waals surface area contributed by atoms with Crippen LogP contribution in [0.2, 0.25) is 0 Å². The fraction of sp³-hybridized carbons (Fsp3) is 0.727. The molecule has 0 spiro atoms. The van der Waals surface area contributed by atoms with Crippen LogP contribution in [-0.2, 0) is 11.3 Å². The highest BCUT2D eigenvalue weighted by molar-refractivity contribution is 5.03. The molecule has 0 amide bonds. The second-order valence-electron chi connectivity index (χ2n) is 3.84. The van der Waals surface area contributed by atoms with Crippen LogP contribution in [0.5, 0.6) is 0 Å². The molecule has 0 fully saturated rings. The van der Waals surface area contributed by atoms with Crippen molar-refractivity contribution in [2.75, 3.05) is 40.4 Å². The average molecular weight is 227 g/mol. The van der Waals surface area contributed by atoms with E-state index in [4.69, 9.17) is 9.15 Å². The summed E-state index contributed by atoms with van der Waals surface area (Å²) in [6.07, 6.45) is 1.50. The third-order valence-corrected chi connectivity index (χ3v) is 2.41. The van der Waals surface area contributed by atoms with E-state index in [1.165, 1.54) is 6.39 Å². The molecule has 0 unspecified atom stereocenters. The fourth-order valence-corrected chi connectivity index (χ4v) is 1.37. The van der Waals surface area contributed by atoms with Crippen molar-refractivity contribution in [2.45, 2.75) is 13.5 Å². The Kier molecular flexibility index (Phi) is 6.07. The molecule has 5 heteroatoms. The van der Waals surface area contributed by atoms with Crippen molar-refractivity contribution in [1.29, 1.82) is 0 Å². The van der Waals surface area contributed by atoms with E-state index in [0.29, 0.717) is 0 Å². The van der Waals surface area contributed by atoms with E-state index < -0.39 is 0 Å². The molecular weight excluding hydrogens is 206 g/mol. The Balaban J connectivity index is 2.11. The smallest absolute Gasteiger partial charge is 0.181 e. The lowest BCUT2D eigenvalue weighted by atomic mass is 10.3. The van der Waals surface area contributed by atoms with Gasteiger partial charge in [-0.15, -0.1) is 0 Å². The Bertz CT molecular complexity index is 289. The van der Waals surface area contributed by atoms with Crippen LogP contribution in [0.4, 0.5) is 0 Å². The molecule has 0 radical (unpaired) electrons. The van der Waals surface area contributed by atoms with E-state index in [0.717, 1.165) is 44.2 Å². The lowest BCUT2D eigenvalue weighted by Crippen LogP contribution is -2.30. The molecule has 0 bridgehead atoms. The lowest BCUT2D eigenvalue weighted by molar-refractivity contribution is 0.197. The molecule has 16 heavy (non-hydrogen) atoms. The van der Waals surface area contributed by atoms with Crippen LogP contribution in [0.3, 0.4) is 0 Å². The van der Waals surface area contributed by atoms with E-state index in [1.807, 2.05) is 6.92 Å². The van der Waals surface area contributed by atoms with Crippen LogP contribution in [0.25, 0.3) is 0 Å². The topological polar surface area (TPSA) is 50.5 Å². The average Bonchev–Trinajstić information content (AvgIpc) is 2.64. The molecule has 1 N–H and O–H groups in total. The number of ether oxygens (including phenoxy) is 1. The summed E-state index contributed by atoms with van der Waals surface area (Å²) in [5.74, 6) is 0.944. The summed E-state index contributed by atoms with van der Waals surface area (Å²) < 4.78 is 10.2. The van der Waals surface area contributed by atoms with E-state index in [9.17, 15) is 0 Å². The van der Waals surface area contributed by atoms with Crippen molar-refractivity contribution < 1.29 is 9.15 Å². The van der Waals surface area contributed by atoms with Crippen molar-refractivity contribution in [3.05, 3.63) is 17.8 Å². The quantitative estimate of drug-likeness (QED) is 0.661. The van der Waals surface area contributed by atoms with Gasteiger partial charge in [0.25, 0.3) is 0 Å². The number of oxazole rings is 1. The standard InChI is InChI=1S/C11H21N3O2/c1-10-11(16-9-13-10)8-14(2)6-4-12-5-7-15-3/h9,12H,4-8H2,1-3H3. The van der Waals surface area contributed by atoms with Gasteiger partial charge in [0, 0.05) is 26.7 Å². The number of aryl methyl sites for hydroxylation is 1. The monoisotopic (exact) mass is 227 g/mol. The van der Waals surface area contributed by atoms with Gasteiger partial charge in [-0.25, -0.2) is 4.98 Å². The van der Waals surface area contributed by atoms with Crippen molar-refractivity contribution in [3.63, 3.8) is 0 Å². The molecule has 0 saturated heterocycles. The maximum absolute atomic E-state index is 5.29. The molecule has 0 aromatic carbocycles. The van der Waals surface area contributed by atoms with Gasteiger partial charge in [-0.3, -0.25) is 4.90 Å². The second kappa shape index (κ2) is 7.38. The zero-order chi connectivity index (χ0) is 11.8. The van der Waals surface area contributed by atoms with Crippen LogP contribution >= 0.6 is 0 Å². The SMILES string of the molecule is COCCNCCN(C)Cc1ocnc1C. The van der Waals surface area contributed by atoms with Crippen LogP contribution in [-0.4, -0.2) is 50.3 Å². The van der Waals surface area contributed by atoms with Crippen LogP contribution in [0.1, 0.15) is 11.5 Å². The summed E-state index contributed by atoms with van der Waals surface area (Å²) >= 11 is 0. The number of nitrogens with zero attached hydrogens (tertiary/aromatic N) is 2. The first kappa shape index (κ1) is 13.2. The number of nitrogens with one attached hydrogen (secondary N) is 1. The van der Waals surface area contributed by atoms with Gasteiger partial charge in [-0.1, -0.05) is 0 Å². The Morgan fingerprint density at radius 1 is 1.50 bits per heavy atom. The highest BCUT2D eigenvalue weighted by atomic mass is 16.5. The van der Waals surface area contributed by atoms with Crippen molar-refractivity contribution >= 4 is 0 Å². The number of likely N-dealkylation sites (N-methyl/N-ethyl adjacent to an activating group) is 1. The molecule has 1 aromatic rings. The van der Waals surface area contributed by atoms with Gasteiger partial charge in [0.2, 0.25) is 0 Å². The number of aromatic nitrogens is 1. The third kappa shape index (κ3) is 4.74. The van der Waals surface area contributed by atoms with E-state index in [1.54, 1.807) is 7.11 Å². The molecule has 1 aromatic heterocycles. The molecule has 0 aliphatic heterocycles. The minimum Gasteiger partial charge on any atom is -0.447 e. The largest absolute Gasteiger partial charge is 0.447 e. The Morgan fingerprint density at radius 3 is 2.94 bits per heavy atom. The molecule has 1 rings (SSSR count). The van der Waals surface area contributed by atoms with Gasteiger partial charge in [-0.2, -0.15) is 0 Å². The van der Waals surface area contributed by atoms with Gasteiger partial charge in [-0.05, 0) is 14.0 Å². The second-order valence-corrected chi connectivity index (χ2v) is 3.84. The van der Waals surface area contributed by atoms with Crippen molar-refractivity contribution in [3.8, 4) is 0 Å². The summed E-state index contributed by atoms with van der Waals surface area (Å²) in [5.41, 5.74) is 0.971. The third-order valence-electron chi connectivity index (χ3n) is 2.41. The highest BCUT2D eigenvalue weighted by Crippen LogP contribution is 2.06. The maximum atomic E-state index is 5.29. The molecule has 0 aliphatic carbocycles. The number of rotatable bonds is 8. The summed E-state index contributed by atoms with van der Waals surface area (Å²) in [6, 6.07) is 0. The number of methoxy groups -OCH3 is 1. The number of hydrogen-bond acceptors (Lipinski definition) is 5. The van der Waals surface area contributed by atoms with Gasteiger partial charge in [0.05, 0.1) is 18.8 Å². The summed E-state index contributed by atoms with van der Waals surface area (Å²) in [5, 5.41) is 3.30. The lowest BCUT2D eigenvalue weighted by Gasteiger charge is -2.15. The normalized spacial score (nSPS) is 11.2. The van der Waals surface area contributed by atoms with E-state index in [2.05, 4.69) is 22.2 Å². The maximum Gasteiger partial charge on any atom is 0.181 e. The van der Waals surface area contributed by atoms with Crippen molar-refractivity contribution in [1.82, 2.24) is 15.2 Å². The van der Waals surface area contributed by atoms with E-state index in [-0.39, 0.29) is 0 Å². The minimum absolute atomic E-state index is 0.755. The molecule has 0 atom stereocenters. The zero-order valence-electron chi connectivity index (χ0n) is 10.3. The fourth-order valence-electron chi connectivity index (χ4n) is 1.37. The van der Waals surface area contributed by atoms with Crippen molar-refractivity contribution in [2.24, 2.45) is 0 Å². The summed E-state index contributed by atoms with van der Waals surface area (Å²) in [4.78, 5) is 6.27. The van der Waals surface area contributed by atoms with Gasteiger partial charge in [0.1, 0.15) is 5.76 Å². The van der Waals surface area contributed by atoms with Gasteiger partial charge in [0.15, 0.2) is 6.39 Å². The first-order valence-corrected chi connectivity index (χ1v) is 5.51. The predicted molar refractivity (Wildman–Crippen MR) is 62.3 cm³/mol. The number of hydrogen-bond donors (Lipinski definition) is 1. The molecule has 1 heterocycles. The zero-order valence-corrected chi connectivity index (χ0v) is 10.3. The summed E-state index contributed by atoms with van der Waals surface area (Å²) in [7, 11) is 3.78. The minimum atomic E-state index is 0.755. The molecule has 0 aliphatic rings. The first-order valence-electron chi connectivity index (χ1n) is 5.51.